The molecule has 1 aliphatic heterocycles. The summed E-state index contributed by atoms with van der Waals surface area (Å²) in [5, 5.41) is 14.7. The van der Waals surface area contributed by atoms with Crippen molar-refractivity contribution in [2.24, 2.45) is 0 Å². The number of hydrogen-bond acceptors (Lipinski definition) is 4. The maximum Gasteiger partial charge on any atom is 0.160 e. The van der Waals surface area contributed by atoms with Gasteiger partial charge in [-0.3, -0.25) is 0 Å². The minimum Gasteiger partial charge on any atom is -0.392 e. The standard InChI is InChI=1S/C13H17N3O2/c1-9-11-6-10(8-17)7-14-13(11)16(15-9)12-4-2-3-5-18-12/h6-7,12,17H,2-5,8H2,1H3. The zero-order valence-electron chi connectivity index (χ0n) is 10.5. The number of ether oxygens (including phenoxy) is 1. The topological polar surface area (TPSA) is 60.2 Å². The monoisotopic (exact) mass is 247 g/mol. The molecule has 0 aromatic carbocycles. The zero-order chi connectivity index (χ0) is 12.5. The van der Waals surface area contributed by atoms with Gasteiger partial charge in [0.2, 0.25) is 0 Å². The Labute approximate surface area is 105 Å². The average molecular weight is 247 g/mol. The van der Waals surface area contributed by atoms with Crippen LogP contribution in [0.5, 0.6) is 0 Å². The van der Waals surface area contributed by atoms with Gasteiger partial charge in [-0.15, -0.1) is 0 Å². The van der Waals surface area contributed by atoms with Gasteiger partial charge < -0.3 is 9.84 Å². The van der Waals surface area contributed by atoms with Crippen LogP contribution in [0.15, 0.2) is 12.3 Å². The quantitative estimate of drug-likeness (QED) is 0.881. The van der Waals surface area contributed by atoms with E-state index in [1.165, 1.54) is 6.42 Å². The van der Waals surface area contributed by atoms with E-state index in [4.69, 9.17) is 9.84 Å². The number of nitrogens with zero attached hydrogens (tertiary/aromatic N) is 3. The second-order valence-corrected chi connectivity index (χ2v) is 4.72. The third-order valence-electron chi connectivity index (χ3n) is 3.40. The lowest BCUT2D eigenvalue weighted by Crippen LogP contribution is -2.19. The summed E-state index contributed by atoms with van der Waals surface area (Å²) in [7, 11) is 0. The second kappa shape index (κ2) is 4.66. The molecule has 0 saturated carbocycles. The Kier molecular flexibility index (Phi) is 3.01. The normalized spacial score (nSPS) is 20.4. The van der Waals surface area contributed by atoms with Crippen molar-refractivity contribution in [2.75, 3.05) is 6.61 Å². The van der Waals surface area contributed by atoms with Gasteiger partial charge in [0.05, 0.1) is 12.3 Å². The van der Waals surface area contributed by atoms with Crippen molar-refractivity contribution < 1.29 is 9.84 Å². The summed E-state index contributed by atoms with van der Waals surface area (Å²) in [6.07, 6.45) is 4.97. The third-order valence-corrected chi connectivity index (χ3v) is 3.40. The molecule has 5 heteroatoms. The maximum absolute atomic E-state index is 9.15. The molecule has 18 heavy (non-hydrogen) atoms. The number of aromatic nitrogens is 3. The number of pyridine rings is 1. The fourth-order valence-corrected chi connectivity index (χ4v) is 2.42. The predicted molar refractivity (Wildman–Crippen MR) is 67.0 cm³/mol. The van der Waals surface area contributed by atoms with Crippen LogP contribution in [0.1, 0.15) is 36.7 Å². The Morgan fingerprint density at radius 1 is 1.50 bits per heavy atom. The lowest BCUT2D eigenvalue weighted by molar-refractivity contribution is -0.0371. The number of hydrogen-bond donors (Lipinski definition) is 1. The molecule has 1 aliphatic rings. The van der Waals surface area contributed by atoms with Crippen molar-refractivity contribution in [3.63, 3.8) is 0 Å². The molecule has 3 heterocycles. The van der Waals surface area contributed by atoms with Crippen molar-refractivity contribution in [3.05, 3.63) is 23.5 Å². The third kappa shape index (κ3) is 1.89. The van der Waals surface area contributed by atoms with E-state index in [-0.39, 0.29) is 12.8 Å². The van der Waals surface area contributed by atoms with E-state index < -0.39 is 0 Å². The van der Waals surface area contributed by atoms with Gasteiger partial charge in [0.1, 0.15) is 0 Å². The van der Waals surface area contributed by atoms with E-state index in [2.05, 4.69) is 10.1 Å². The highest BCUT2D eigenvalue weighted by Gasteiger charge is 2.20. The molecule has 5 nitrogen and oxygen atoms in total. The molecule has 96 valence electrons. The van der Waals surface area contributed by atoms with Gasteiger partial charge in [-0.05, 0) is 37.8 Å². The van der Waals surface area contributed by atoms with Crippen LogP contribution in [-0.4, -0.2) is 26.5 Å². The van der Waals surface area contributed by atoms with E-state index in [9.17, 15) is 0 Å². The van der Waals surface area contributed by atoms with Gasteiger partial charge in [-0.25, -0.2) is 9.67 Å². The summed E-state index contributed by atoms with van der Waals surface area (Å²) >= 11 is 0. The van der Waals surface area contributed by atoms with Crippen molar-refractivity contribution >= 4 is 11.0 Å². The van der Waals surface area contributed by atoms with E-state index in [1.807, 2.05) is 17.7 Å². The lowest BCUT2D eigenvalue weighted by Gasteiger charge is -2.23. The minimum atomic E-state index is 0.00225. The molecule has 0 bridgehead atoms. The number of fused-ring (bicyclic) bond motifs is 1. The first-order valence-electron chi connectivity index (χ1n) is 6.36. The van der Waals surface area contributed by atoms with Crippen LogP contribution in [0, 0.1) is 6.92 Å². The lowest BCUT2D eigenvalue weighted by atomic mass is 10.2. The second-order valence-electron chi connectivity index (χ2n) is 4.72. The van der Waals surface area contributed by atoms with Crippen LogP contribution in [0.3, 0.4) is 0 Å². The Morgan fingerprint density at radius 3 is 3.11 bits per heavy atom. The highest BCUT2D eigenvalue weighted by molar-refractivity contribution is 5.78. The highest BCUT2D eigenvalue weighted by atomic mass is 16.5. The van der Waals surface area contributed by atoms with E-state index >= 15 is 0 Å². The molecule has 0 amide bonds. The zero-order valence-corrected chi connectivity index (χ0v) is 10.5. The van der Waals surface area contributed by atoms with Crippen LogP contribution in [0.2, 0.25) is 0 Å². The van der Waals surface area contributed by atoms with Crippen LogP contribution >= 0.6 is 0 Å². The minimum absolute atomic E-state index is 0.00225. The molecule has 2 aromatic rings. The van der Waals surface area contributed by atoms with Gasteiger partial charge in [0.15, 0.2) is 11.9 Å². The van der Waals surface area contributed by atoms with Gasteiger partial charge in [-0.1, -0.05) is 0 Å². The molecule has 1 atom stereocenters. The van der Waals surface area contributed by atoms with Gasteiger partial charge in [0.25, 0.3) is 0 Å². The van der Waals surface area contributed by atoms with Crippen LogP contribution in [0.4, 0.5) is 0 Å². The number of aryl methyl sites for hydroxylation is 1. The molecule has 1 N–H and O–H groups in total. The SMILES string of the molecule is Cc1nn(C2CCCCO2)c2ncc(CO)cc12. The average Bonchev–Trinajstić information content (AvgIpc) is 2.77. The van der Waals surface area contributed by atoms with Crippen LogP contribution < -0.4 is 0 Å². The van der Waals surface area contributed by atoms with Crippen LogP contribution in [-0.2, 0) is 11.3 Å². The maximum atomic E-state index is 9.15. The molecular weight excluding hydrogens is 230 g/mol. The highest BCUT2D eigenvalue weighted by Crippen LogP contribution is 2.27. The first kappa shape index (κ1) is 11.6. The first-order chi connectivity index (χ1) is 8.79. The molecule has 1 unspecified atom stereocenters. The van der Waals surface area contributed by atoms with Crippen molar-refractivity contribution in [3.8, 4) is 0 Å². The molecule has 2 aromatic heterocycles. The van der Waals surface area contributed by atoms with Crippen molar-refractivity contribution in [1.82, 2.24) is 14.8 Å². The number of aliphatic hydroxyl groups is 1. The molecule has 1 saturated heterocycles. The number of aliphatic hydroxyl groups excluding tert-OH is 1. The molecular formula is C13H17N3O2. The fraction of sp³-hybridized carbons (Fsp3) is 0.538. The smallest absolute Gasteiger partial charge is 0.160 e. The van der Waals surface area contributed by atoms with Crippen molar-refractivity contribution in [1.29, 1.82) is 0 Å². The van der Waals surface area contributed by atoms with Gasteiger partial charge in [-0.2, -0.15) is 5.10 Å². The molecule has 0 spiro atoms. The van der Waals surface area contributed by atoms with Gasteiger partial charge in [0, 0.05) is 18.2 Å². The Balaban J connectivity index is 2.07. The summed E-state index contributed by atoms with van der Waals surface area (Å²) in [5.41, 5.74) is 2.59. The van der Waals surface area contributed by atoms with Crippen LogP contribution in [0.25, 0.3) is 11.0 Å². The largest absolute Gasteiger partial charge is 0.392 e. The number of rotatable bonds is 2. The van der Waals surface area contributed by atoms with Gasteiger partial charge >= 0.3 is 0 Å². The summed E-state index contributed by atoms with van der Waals surface area (Å²) in [6.45, 7) is 2.76. The Morgan fingerprint density at radius 2 is 2.39 bits per heavy atom. The van der Waals surface area contributed by atoms with E-state index in [1.54, 1.807) is 6.20 Å². The molecule has 1 fully saturated rings. The van der Waals surface area contributed by atoms with E-state index in [0.717, 1.165) is 41.7 Å². The molecule has 0 radical (unpaired) electrons. The Bertz CT molecular complexity index is 559. The van der Waals surface area contributed by atoms with Crippen molar-refractivity contribution in [2.45, 2.75) is 39.0 Å². The molecule has 0 aliphatic carbocycles. The fourth-order valence-electron chi connectivity index (χ4n) is 2.42. The molecule has 3 rings (SSSR count). The summed E-state index contributed by atoms with van der Waals surface area (Å²) in [5.74, 6) is 0. The predicted octanol–water partition coefficient (Wildman–Crippen LogP) is 1.93. The first-order valence-corrected chi connectivity index (χ1v) is 6.36. The summed E-state index contributed by atoms with van der Waals surface area (Å²) in [4.78, 5) is 4.41. The van der Waals surface area contributed by atoms with E-state index in [0.29, 0.717) is 0 Å². The summed E-state index contributed by atoms with van der Waals surface area (Å²) < 4.78 is 7.63. The summed E-state index contributed by atoms with van der Waals surface area (Å²) in [6, 6.07) is 1.95. The Hall–Kier alpha value is -1.46.